The topological polar surface area (TPSA) is 50.8 Å². The molecule has 1 amide bonds. The van der Waals surface area contributed by atoms with Crippen molar-refractivity contribution in [3.05, 3.63) is 29.3 Å². The van der Waals surface area contributed by atoms with Crippen LogP contribution in [0.2, 0.25) is 0 Å². The second-order valence-electron chi connectivity index (χ2n) is 6.75. The second kappa shape index (κ2) is 7.79. The summed E-state index contributed by atoms with van der Waals surface area (Å²) in [4.78, 5) is 14.4. The Labute approximate surface area is 139 Å². The smallest absolute Gasteiger partial charge is 0.258 e. The van der Waals surface area contributed by atoms with Crippen molar-refractivity contribution in [3.63, 3.8) is 0 Å². The van der Waals surface area contributed by atoms with Crippen LogP contribution in [0.15, 0.2) is 18.2 Å². The maximum atomic E-state index is 12.0. The van der Waals surface area contributed by atoms with Gasteiger partial charge in [-0.2, -0.15) is 0 Å². The van der Waals surface area contributed by atoms with Crippen LogP contribution in [0.4, 0.5) is 0 Å². The number of hydrogen-bond acceptors (Lipinski definition) is 4. The Morgan fingerprint density at radius 3 is 2.65 bits per heavy atom. The van der Waals surface area contributed by atoms with Gasteiger partial charge in [0, 0.05) is 25.2 Å². The Hall–Kier alpha value is -1.59. The summed E-state index contributed by atoms with van der Waals surface area (Å²) in [5.41, 5.74) is 2.15. The zero-order valence-corrected chi connectivity index (χ0v) is 14.6. The minimum Gasteiger partial charge on any atom is -0.484 e. The number of carbonyl (C=O) groups excluding carboxylic acids is 1. The van der Waals surface area contributed by atoms with E-state index in [1.165, 1.54) is 5.56 Å². The van der Waals surface area contributed by atoms with Crippen molar-refractivity contribution < 1.29 is 14.3 Å². The van der Waals surface area contributed by atoms with E-state index in [0.717, 1.165) is 37.6 Å². The molecule has 0 aromatic heterocycles. The Bertz CT molecular complexity index is 537. The molecule has 0 aliphatic carbocycles. The maximum Gasteiger partial charge on any atom is 0.258 e. The van der Waals surface area contributed by atoms with E-state index in [4.69, 9.17) is 9.47 Å². The molecule has 0 radical (unpaired) electrons. The molecule has 1 N–H and O–H groups in total. The number of carbonyl (C=O) groups is 1. The van der Waals surface area contributed by atoms with Crippen LogP contribution in [0.3, 0.4) is 0 Å². The number of amides is 1. The van der Waals surface area contributed by atoms with Crippen molar-refractivity contribution >= 4 is 5.91 Å². The van der Waals surface area contributed by atoms with Crippen LogP contribution in [-0.2, 0) is 9.53 Å². The van der Waals surface area contributed by atoms with Crippen LogP contribution in [0.25, 0.3) is 0 Å². The van der Waals surface area contributed by atoms with Crippen LogP contribution in [0.5, 0.6) is 5.75 Å². The van der Waals surface area contributed by atoms with Crippen LogP contribution in [-0.4, -0.2) is 55.8 Å². The third-order valence-corrected chi connectivity index (χ3v) is 4.27. The van der Waals surface area contributed by atoms with E-state index < -0.39 is 0 Å². The first-order valence-corrected chi connectivity index (χ1v) is 8.18. The van der Waals surface area contributed by atoms with E-state index in [1.54, 1.807) is 0 Å². The number of aryl methyl sites for hydroxylation is 2. The van der Waals surface area contributed by atoms with Crippen molar-refractivity contribution in [2.75, 3.05) is 39.5 Å². The lowest BCUT2D eigenvalue weighted by Gasteiger charge is -2.40. The van der Waals surface area contributed by atoms with Crippen molar-refractivity contribution in [1.29, 1.82) is 0 Å². The SMILES string of the molecule is Cc1ccc(OCC(=O)NCC(C)(C)N2CCOCC2)c(C)c1. The van der Waals surface area contributed by atoms with E-state index in [1.807, 2.05) is 26.0 Å². The average molecular weight is 320 g/mol. The van der Waals surface area contributed by atoms with Gasteiger partial charge in [0.05, 0.1) is 13.2 Å². The Balaban J connectivity index is 1.78. The summed E-state index contributed by atoms with van der Waals surface area (Å²) in [7, 11) is 0. The summed E-state index contributed by atoms with van der Waals surface area (Å²) in [5, 5.41) is 2.97. The highest BCUT2D eigenvalue weighted by molar-refractivity contribution is 5.77. The minimum atomic E-state index is -0.0914. The molecular weight excluding hydrogens is 292 g/mol. The van der Waals surface area contributed by atoms with Gasteiger partial charge >= 0.3 is 0 Å². The molecule has 1 aromatic rings. The highest BCUT2D eigenvalue weighted by Crippen LogP contribution is 2.18. The quantitative estimate of drug-likeness (QED) is 0.870. The number of ether oxygens (including phenoxy) is 2. The molecule has 0 saturated carbocycles. The molecule has 1 heterocycles. The van der Waals surface area contributed by atoms with Gasteiger partial charge in [-0.3, -0.25) is 9.69 Å². The molecule has 1 fully saturated rings. The normalized spacial score (nSPS) is 16.2. The maximum absolute atomic E-state index is 12.0. The fourth-order valence-electron chi connectivity index (χ4n) is 2.75. The molecule has 5 nitrogen and oxygen atoms in total. The summed E-state index contributed by atoms with van der Waals surface area (Å²) in [6.45, 7) is 12.3. The first kappa shape index (κ1) is 17.8. The van der Waals surface area contributed by atoms with Gasteiger partial charge in [0.25, 0.3) is 5.91 Å². The lowest BCUT2D eigenvalue weighted by atomic mass is 10.0. The first-order chi connectivity index (χ1) is 10.9. The highest BCUT2D eigenvalue weighted by Gasteiger charge is 2.28. The number of nitrogens with zero attached hydrogens (tertiary/aromatic N) is 1. The van der Waals surface area contributed by atoms with Crippen molar-refractivity contribution in [1.82, 2.24) is 10.2 Å². The van der Waals surface area contributed by atoms with Gasteiger partial charge in [-0.1, -0.05) is 17.7 Å². The molecule has 0 unspecified atom stereocenters. The molecule has 1 aliphatic rings. The van der Waals surface area contributed by atoms with Gasteiger partial charge < -0.3 is 14.8 Å². The van der Waals surface area contributed by atoms with E-state index in [9.17, 15) is 4.79 Å². The van der Waals surface area contributed by atoms with E-state index in [2.05, 4.69) is 30.1 Å². The van der Waals surface area contributed by atoms with Gasteiger partial charge in [0.15, 0.2) is 6.61 Å². The van der Waals surface area contributed by atoms with Crippen LogP contribution in [0.1, 0.15) is 25.0 Å². The molecule has 0 atom stereocenters. The summed E-state index contributed by atoms with van der Waals surface area (Å²) >= 11 is 0. The second-order valence-corrected chi connectivity index (χ2v) is 6.75. The molecule has 5 heteroatoms. The minimum absolute atomic E-state index is 0.0447. The molecule has 23 heavy (non-hydrogen) atoms. The molecule has 1 aliphatic heterocycles. The van der Waals surface area contributed by atoms with Crippen LogP contribution in [0, 0.1) is 13.8 Å². The fraction of sp³-hybridized carbons (Fsp3) is 0.611. The summed E-state index contributed by atoms with van der Waals surface area (Å²) in [6.07, 6.45) is 0. The summed E-state index contributed by atoms with van der Waals surface area (Å²) < 4.78 is 11.0. The monoisotopic (exact) mass is 320 g/mol. The van der Waals surface area contributed by atoms with Crippen LogP contribution >= 0.6 is 0 Å². The molecule has 2 rings (SSSR count). The zero-order valence-electron chi connectivity index (χ0n) is 14.6. The number of hydrogen-bond donors (Lipinski definition) is 1. The van der Waals surface area contributed by atoms with Crippen molar-refractivity contribution in [2.24, 2.45) is 0 Å². The molecule has 0 bridgehead atoms. The van der Waals surface area contributed by atoms with E-state index >= 15 is 0 Å². The van der Waals surface area contributed by atoms with Gasteiger partial charge in [0.2, 0.25) is 0 Å². The Kier molecular flexibility index (Phi) is 6.02. The van der Waals surface area contributed by atoms with Gasteiger partial charge in [-0.15, -0.1) is 0 Å². The predicted octanol–water partition coefficient (Wildman–Crippen LogP) is 1.91. The van der Waals surface area contributed by atoms with Gasteiger partial charge in [-0.25, -0.2) is 0 Å². The number of rotatable bonds is 6. The zero-order chi connectivity index (χ0) is 16.9. The highest BCUT2D eigenvalue weighted by atomic mass is 16.5. The molecule has 1 aromatic carbocycles. The number of morpholine rings is 1. The van der Waals surface area contributed by atoms with Gasteiger partial charge in [0.1, 0.15) is 5.75 Å². The lowest BCUT2D eigenvalue weighted by Crippen LogP contribution is -2.55. The average Bonchev–Trinajstić information content (AvgIpc) is 2.53. The van der Waals surface area contributed by atoms with E-state index in [-0.39, 0.29) is 18.1 Å². The number of nitrogens with one attached hydrogen (secondary N) is 1. The first-order valence-electron chi connectivity index (χ1n) is 8.18. The Morgan fingerprint density at radius 1 is 1.30 bits per heavy atom. The van der Waals surface area contributed by atoms with Crippen molar-refractivity contribution in [3.8, 4) is 5.75 Å². The Morgan fingerprint density at radius 2 is 2.00 bits per heavy atom. The standard InChI is InChI=1S/C18H28N2O3/c1-14-5-6-16(15(2)11-14)23-12-17(21)19-13-18(3,4)20-7-9-22-10-8-20/h5-6,11H,7-10,12-13H2,1-4H3,(H,19,21). The summed E-state index contributed by atoms with van der Waals surface area (Å²) in [6, 6.07) is 5.95. The molecule has 0 spiro atoms. The molecule has 128 valence electrons. The number of benzene rings is 1. The lowest BCUT2D eigenvalue weighted by molar-refractivity contribution is -0.123. The van der Waals surface area contributed by atoms with Crippen molar-refractivity contribution in [2.45, 2.75) is 33.2 Å². The summed E-state index contributed by atoms with van der Waals surface area (Å²) in [5.74, 6) is 0.671. The predicted molar refractivity (Wildman–Crippen MR) is 90.9 cm³/mol. The molecule has 1 saturated heterocycles. The fourth-order valence-corrected chi connectivity index (χ4v) is 2.75. The van der Waals surface area contributed by atoms with E-state index in [0.29, 0.717) is 6.54 Å². The van der Waals surface area contributed by atoms with Crippen LogP contribution < -0.4 is 10.1 Å². The third-order valence-electron chi connectivity index (χ3n) is 4.27. The third kappa shape index (κ3) is 5.22. The molecular formula is C18H28N2O3. The largest absolute Gasteiger partial charge is 0.484 e. The van der Waals surface area contributed by atoms with Gasteiger partial charge in [-0.05, 0) is 39.3 Å².